The molecule has 0 saturated carbocycles. The zero-order chi connectivity index (χ0) is 29.8. The van der Waals surface area contributed by atoms with Crippen molar-refractivity contribution in [2.75, 3.05) is 0 Å². The van der Waals surface area contributed by atoms with Crippen molar-refractivity contribution in [2.24, 2.45) is 11.8 Å². The Kier molecular flexibility index (Phi) is 14.6. The van der Waals surface area contributed by atoms with Crippen LogP contribution in [0.3, 0.4) is 0 Å². The van der Waals surface area contributed by atoms with Crippen LogP contribution >= 0.6 is 0 Å². The maximum atomic E-state index is 3.67. The first kappa shape index (κ1) is 38.5. The second-order valence-electron chi connectivity index (χ2n) is 13.7. The molecular formula is C39H48Cl2Zr-2. The molecule has 0 spiro atoms. The third-order valence-electron chi connectivity index (χ3n) is 7.64. The predicted octanol–water partition coefficient (Wildman–Crippen LogP) is 4.32. The van der Waals surface area contributed by atoms with Gasteiger partial charge in [-0.1, -0.05) is 105 Å². The summed E-state index contributed by atoms with van der Waals surface area (Å²) in [7, 11) is 0. The van der Waals surface area contributed by atoms with Crippen LogP contribution in [-0.2, 0) is 41.5 Å². The van der Waals surface area contributed by atoms with Gasteiger partial charge in [-0.3, -0.25) is 6.08 Å². The molecule has 3 heteroatoms. The van der Waals surface area contributed by atoms with Gasteiger partial charge in [0.2, 0.25) is 0 Å². The quantitative estimate of drug-likeness (QED) is 0.278. The molecule has 0 aromatic heterocycles. The van der Waals surface area contributed by atoms with E-state index < -0.39 is 0 Å². The average Bonchev–Trinajstić information content (AvgIpc) is 3.42. The molecule has 0 saturated heterocycles. The van der Waals surface area contributed by atoms with Crippen molar-refractivity contribution in [1.29, 1.82) is 0 Å². The Hall–Kier alpha value is -1.53. The standard InChI is InChI=1S/C21H25.C10H15.C8H8.2ClH.Zr/c1-20(2,3)16-7-9-18-14(12-16)11-15-13-17(21(4,5)6)8-10-19(15)18;1-7(2)10-6-8(3)5-9(10)4;1-7-3-5-8(2)6-4-7;;;/h7-10,12H,11H2,1-6H3;6-8H,1-4H3;1,3-6H,2H3;2*1H;/q2*-1;;;;+2/p-2. The van der Waals surface area contributed by atoms with E-state index in [1.807, 2.05) is 0 Å². The Labute approximate surface area is 284 Å². The number of fused-ring (bicyclic) bond motifs is 3. The maximum Gasteiger partial charge on any atom is -1.00 e. The van der Waals surface area contributed by atoms with Crippen molar-refractivity contribution < 1.29 is 49.0 Å². The van der Waals surface area contributed by atoms with E-state index in [1.54, 1.807) is 0 Å². The van der Waals surface area contributed by atoms with Crippen LogP contribution in [0.2, 0.25) is 0 Å². The van der Waals surface area contributed by atoms with E-state index >= 15 is 0 Å². The molecule has 5 rings (SSSR count). The molecule has 0 heterocycles. The molecular weight excluding hydrogens is 631 g/mol. The summed E-state index contributed by atoms with van der Waals surface area (Å²) in [6.07, 6.45) is 6.70. The molecule has 42 heavy (non-hydrogen) atoms. The Bertz CT molecular complexity index is 1330. The number of rotatable bonds is 2. The van der Waals surface area contributed by atoms with E-state index in [1.165, 1.54) is 79.9 Å². The zero-order valence-corrected chi connectivity index (χ0v) is 31.4. The van der Waals surface area contributed by atoms with Gasteiger partial charge in [-0.05, 0) is 28.4 Å². The van der Waals surface area contributed by atoms with E-state index in [0.717, 1.165) is 6.42 Å². The fraction of sp³-hybridized carbons (Fsp3) is 0.410. The zero-order valence-electron chi connectivity index (χ0n) is 27.5. The predicted molar refractivity (Wildman–Crippen MR) is 172 cm³/mol. The molecule has 0 nitrogen and oxygen atoms in total. The topological polar surface area (TPSA) is 0 Å². The second kappa shape index (κ2) is 16.0. The summed E-state index contributed by atoms with van der Waals surface area (Å²) in [6.45, 7) is 24.5. The van der Waals surface area contributed by atoms with Crippen LogP contribution < -0.4 is 24.8 Å². The van der Waals surface area contributed by atoms with Gasteiger partial charge in [-0.15, -0.1) is 11.1 Å². The molecule has 0 amide bonds. The molecule has 1 unspecified atom stereocenters. The van der Waals surface area contributed by atoms with Crippen LogP contribution in [0.5, 0.6) is 0 Å². The molecule has 224 valence electrons. The first-order valence-corrected chi connectivity index (χ1v) is 16.1. The van der Waals surface area contributed by atoms with E-state index in [0.29, 0.717) is 11.8 Å². The number of halogens is 2. The number of allylic oxidation sites excluding steroid dienone is 4. The summed E-state index contributed by atoms with van der Waals surface area (Å²) < 4.78 is 2.19. The van der Waals surface area contributed by atoms with Gasteiger partial charge in [0, 0.05) is 0 Å². The summed E-state index contributed by atoms with van der Waals surface area (Å²) in [6, 6.07) is 23.7. The van der Waals surface area contributed by atoms with E-state index in [4.69, 9.17) is 0 Å². The summed E-state index contributed by atoms with van der Waals surface area (Å²) >= 11 is 1.47. The Morgan fingerprint density at radius 1 is 0.833 bits per heavy atom. The van der Waals surface area contributed by atoms with E-state index in [2.05, 4.69) is 153 Å². The van der Waals surface area contributed by atoms with Gasteiger partial charge in [-0.2, -0.15) is 35.4 Å². The van der Waals surface area contributed by atoms with Gasteiger partial charge in [0.15, 0.2) is 0 Å². The molecule has 0 fully saturated rings. The van der Waals surface area contributed by atoms with E-state index in [9.17, 15) is 0 Å². The molecule has 0 radical (unpaired) electrons. The molecule has 0 N–H and O–H groups in total. The normalized spacial score (nSPS) is 15.0. The molecule has 0 aliphatic heterocycles. The largest absolute Gasteiger partial charge is 1.00 e. The SMILES string of the molecule is CC(C)(C)c1[c-]c2c(cc1)-c1ccc(C(C)(C)C)cc1C2.CC1=[C-]C(C)C=C1C(C)C.Cc1ccc([CH]=[Zr+2])cc1.[Cl-].[Cl-]. The van der Waals surface area contributed by atoms with Crippen molar-refractivity contribution in [2.45, 2.75) is 93.4 Å². The van der Waals surface area contributed by atoms with Gasteiger partial charge in [0.1, 0.15) is 0 Å². The van der Waals surface area contributed by atoms with Crippen molar-refractivity contribution in [1.82, 2.24) is 0 Å². The Morgan fingerprint density at radius 2 is 1.43 bits per heavy atom. The minimum atomic E-state index is 0. The molecule has 3 aromatic rings. The molecule has 2 aliphatic rings. The summed E-state index contributed by atoms with van der Waals surface area (Å²) in [5.41, 5.74) is 14.2. The molecule has 0 bridgehead atoms. The first-order valence-electron chi connectivity index (χ1n) is 14.7. The number of hydrogen-bond acceptors (Lipinski definition) is 0. The monoisotopic (exact) mass is 676 g/mol. The summed E-state index contributed by atoms with van der Waals surface area (Å²) in [5, 5.41) is 0. The number of hydrogen-bond donors (Lipinski definition) is 0. The third-order valence-corrected chi connectivity index (χ3v) is 8.46. The van der Waals surface area contributed by atoms with E-state index in [-0.39, 0.29) is 35.6 Å². The molecule has 2 aliphatic carbocycles. The van der Waals surface area contributed by atoms with Gasteiger partial charge in [-0.25, -0.2) is 5.57 Å². The summed E-state index contributed by atoms with van der Waals surface area (Å²) in [5.74, 6) is 1.20. The average molecular weight is 679 g/mol. The third kappa shape index (κ3) is 10.3. The van der Waals surface area contributed by atoms with Gasteiger partial charge < -0.3 is 24.8 Å². The van der Waals surface area contributed by atoms with Crippen molar-refractivity contribution in [3.63, 3.8) is 0 Å². The first-order chi connectivity index (χ1) is 18.6. The fourth-order valence-corrected chi connectivity index (χ4v) is 5.65. The van der Waals surface area contributed by atoms with Crippen LogP contribution in [0.4, 0.5) is 0 Å². The number of benzene rings is 3. The van der Waals surface area contributed by atoms with Crippen LogP contribution in [0.1, 0.15) is 103 Å². The van der Waals surface area contributed by atoms with Crippen LogP contribution in [-0.4, -0.2) is 3.71 Å². The van der Waals surface area contributed by atoms with Crippen LogP contribution in [0, 0.1) is 30.9 Å². The maximum absolute atomic E-state index is 3.67. The van der Waals surface area contributed by atoms with Crippen molar-refractivity contribution in [3.05, 3.63) is 117 Å². The molecule has 3 aromatic carbocycles. The van der Waals surface area contributed by atoms with Gasteiger partial charge in [0.25, 0.3) is 0 Å². The second-order valence-corrected chi connectivity index (χ2v) is 14.4. The smallest absolute Gasteiger partial charge is 1.00 e. The van der Waals surface area contributed by atoms with Gasteiger partial charge >= 0.3 is 70.3 Å². The molecule has 1 atom stereocenters. The van der Waals surface area contributed by atoms with Crippen LogP contribution in [0.25, 0.3) is 11.1 Å². The fourth-order valence-electron chi connectivity index (χ4n) is 5.18. The van der Waals surface area contributed by atoms with Crippen molar-refractivity contribution in [3.8, 4) is 11.1 Å². The van der Waals surface area contributed by atoms with Crippen LogP contribution in [0.15, 0.2) is 71.8 Å². The minimum absolute atomic E-state index is 0. The summed E-state index contributed by atoms with van der Waals surface area (Å²) in [4.78, 5) is 0. The Balaban J connectivity index is 0.000000353. The van der Waals surface area contributed by atoms with Crippen molar-refractivity contribution >= 4 is 3.71 Å². The van der Waals surface area contributed by atoms with Gasteiger partial charge in [0.05, 0.1) is 0 Å². The Morgan fingerprint density at radius 3 is 1.88 bits per heavy atom. The number of aryl methyl sites for hydroxylation is 1. The minimum Gasteiger partial charge on any atom is -1.00 e.